The van der Waals surface area contributed by atoms with Gasteiger partial charge in [0.25, 0.3) is 0 Å². The molecule has 2 aromatic carbocycles. The summed E-state index contributed by atoms with van der Waals surface area (Å²) in [6.45, 7) is 0.546. The zero-order valence-corrected chi connectivity index (χ0v) is 15.7. The van der Waals surface area contributed by atoms with Gasteiger partial charge in [0.1, 0.15) is 6.04 Å². The third-order valence-corrected chi connectivity index (χ3v) is 4.92. The average molecular weight is 393 g/mol. The standard InChI is InChI=1S/C19H18Cl2N2O3/c1-26-19(25)17-8-12-4-2-3-5-13(12)10-23(17)11-18(24)22-16-7-6-14(20)9-15(16)21/h2-7,9,17H,8,10-11H2,1H3,(H,22,24)/t17-/m0/s1. The predicted octanol–water partition coefficient (Wildman–Crippen LogP) is 3.53. The van der Waals surface area contributed by atoms with E-state index in [2.05, 4.69) is 5.32 Å². The molecule has 26 heavy (non-hydrogen) atoms. The van der Waals surface area contributed by atoms with Crippen molar-refractivity contribution in [1.82, 2.24) is 4.90 Å². The van der Waals surface area contributed by atoms with Gasteiger partial charge in [0.05, 0.1) is 24.4 Å². The summed E-state index contributed by atoms with van der Waals surface area (Å²) in [6.07, 6.45) is 0.512. The molecule has 5 nitrogen and oxygen atoms in total. The number of halogens is 2. The smallest absolute Gasteiger partial charge is 0.323 e. The SMILES string of the molecule is COC(=O)[C@@H]1Cc2ccccc2CN1CC(=O)Nc1ccc(Cl)cc1Cl. The van der Waals surface area contributed by atoms with Crippen LogP contribution in [0.15, 0.2) is 42.5 Å². The number of rotatable bonds is 4. The van der Waals surface area contributed by atoms with Crippen molar-refractivity contribution in [2.24, 2.45) is 0 Å². The van der Waals surface area contributed by atoms with E-state index in [1.54, 1.807) is 18.2 Å². The number of methoxy groups -OCH3 is 1. The van der Waals surface area contributed by atoms with Gasteiger partial charge >= 0.3 is 5.97 Å². The minimum Gasteiger partial charge on any atom is -0.468 e. The number of esters is 1. The van der Waals surface area contributed by atoms with Gasteiger partial charge in [-0.25, -0.2) is 0 Å². The topological polar surface area (TPSA) is 58.6 Å². The second-order valence-electron chi connectivity index (χ2n) is 6.09. The molecule has 3 rings (SSSR count). The van der Waals surface area contributed by atoms with Gasteiger partial charge in [0.15, 0.2) is 0 Å². The Bertz CT molecular complexity index is 841. The molecular formula is C19H18Cl2N2O3. The van der Waals surface area contributed by atoms with E-state index < -0.39 is 6.04 Å². The number of carbonyl (C=O) groups is 2. The highest BCUT2D eigenvalue weighted by atomic mass is 35.5. The number of benzene rings is 2. The van der Waals surface area contributed by atoms with Crippen LogP contribution in [-0.2, 0) is 27.3 Å². The molecule has 0 bridgehead atoms. The summed E-state index contributed by atoms with van der Waals surface area (Å²) in [6, 6.07) is 12.2. The fourth-order valence-electron chi connectivity index (χ4n) is 3.08. The van der Waals surface area contributed by atoms with Crippen molar-refractivity contribution in [1.29, 1.82) is 0 Å². The lowest BCUT2D eigenvalue weighted by Gasteiger charge is -2.34. The Labute approximate surface area is 161 Å². The summed E-state index contributed by atoms with van der Waals surface area (Å²) in [4.78, 5) is 26.5. The van der Waals surface area contributed by atoms with Gasteiger partial charge in [0, 0.05) is 11.6 Å². The number of anilines is 1. The molecule has 0 saturated heterocycles. The first-order valence-corrected chi connectivity index (χ1v) is 8.87. The maximum Gasteiger partial charge on any atom is 0.323 e. The third kappa shape index (κ3) is 4.18. The number of nitrogens with zero attached hydrogens (tertiary/aromatic N) is 1. The van der Waals surface area contributed by atoms with Crippen molar-refractivity contribution in [3.8, 4) is 0 Å². The molecule has 136 valence electrons. The molecule has 1 N–H and O–H groups in total. The Morgan fingerprint density at radius 1 is 1.19 bits per heavy atom. The van der Waals surface area contributed by atoms with Gasteiger partial charge in [-0.1, -0.05) is 47.5 Å². The molecule has 0 unspecified atom stereocenters. The predicted molar refractivity (Wildman–Crippen MR) is 101 cm³/mol. The Hall–Kier alpha value is -2.08. The minimum atomic E-state index is -0.499. The van der Waals surface area contributed by atoms with Crippen molar-refractivity contribution in [3.05, 3.63) is 63.6 Å². The van der Waals surface area contributed by atoms with Crippen molar-refractivity contribution >= 4 is 40.8 Å². The Morgan fingerprint density at radius 3 is 2.62 bits per heavy atom. The van der Waals surface area contributed by atoms with Crippen LogP contribution < -0.4 is 5.32 Å². The van der Waals surface area contributed by atoms with E-state index in [4.69, 9.17) is 27.9 Å². The molecular weight excluding hydrogens is 375 g/mol. The normalized spacial score (nSPS) is 16.7. The molecule has 0 aliphatic carbocycles. The van der Waals surface area contributed by atoms with Crippen LogP contribution >= 0.6 is 23.2 Å². The van der Waals surface area contributed by atoms with Crippen LogP contribution in [0.25, 0.3) is 0 Å². The van der Waals surface area contributed by atoms with Crippen LogP contribution in [0, 0.1) is 0 Å². The molecule has 0 fully saturated rings. The second kappa shape index (κ2) is 8.08. The Morgan fingerprint density at radius 2 is 1.92 bits per heavy atom. The van der Waals surface area contributed by atoms with Crippen LogP contribution in [0.1, 0.15) is 11.1 Å². The molecule has 7 heteroatoms. The summed E-state index contributed by atoms with van der Waals surface area (Å²) in [5, 5.41) is 3.62. The Kier molecular flexibility index (Phi) is 5.81. The quantitative estimate of drug-likeness (QED) is 0.808. The largest absolute Gasteiger partial charge is 0.468 e. The van der Waals surface area contributed by atoms with E-state index in [1.165, 1.54) is 7.11 Å². The van der Waals surface area contributed by atoms with E-state index in [1.807, 2.05) is 29.2 Å². The lowest BCUT2D eigenvalue weighted by atomic mass is 9.94. The minimum absolute atomic E-state index is 0.0487. The number of ether oxygens (including phenoxy) is 1. The van der Waals surface area contributed by atoms with E-state index in [0.717, 1.165) is 11.1 Å². The van der Waals surface area contributed by atoms with Gasteiger partial charge in [-0.15, -0.1) is 0 Å². The molecule has 1 aliphatic heterocycles. The summed E-state index contributed by atoms with van der Waals surface area (Å²) in [5.41, 5.74) is 2.68. The first-order chi connectivity index (χ1) is 12.5. The number of hydrogen-bond acceptors (Lipinski definition) is 4. The van der Waals surface area contributed by atoms with E-state index >= 15 is 0 Å². The molecule has 1 amide bonds. The average Bonchev–Trinajstić information content (AvgIpc) is 2.63. The molecule has 0 spiro atoms. The summed E-state index contributed by atoms with van der Waals surface area (Å²) >= 11 is 12.0. The zero-order chi connectivity index (χ0) is 18.7. The van der Waals surface area contributed by atoms with Gasteiger partial charge in [-0.2, -0.15) is 0 Å². The van der Waals surface area contributed by atoms with Gasteiger partial charge in [-0.05, 0) is 35.7 Å². The van der Waals surface area contributed by atoms with E-state index in [0.29, 0.717) is 28.7 Å². The first-order valence-electron chi connectivity index (χ1n) is 8.11. The number of carbonyl (C=O) groups excluding carboxylic acids is 2. The Balaban J connectivity index is 1.75. The van der Waals surface area contributed by atoms with Crippen molar-refractivity contribution < 1.29 is 14.3 Å². The lowest BCUT2D eigenvalue weighted by molar-refractivity contribution is -0.148. The highest BCUT2D eigenvalue weighted by Gasteiger charge is 2.33. The fourth-order valence-corrected chi connectivity index (χ4v) is 3.53. The van der Waals surface area contributed by atoms with Gasteiger partial charge in [0.2, 0.25) is 5.91 Å². The molecule has 0 aromatic heterocycles. The monoisotopic (exact) mass is 392 g/mol. The number of hydrogen-bond donors (Lipinski definition) is 1. The second-order valence-corrected chi connectivity index (χ2v) is 6.93. The number of nitrogens with one attached hydrogen (secondary N) is 1. The van der Waals surface area contributed by atoms with Gasteiger partial charge < -0.3 is 10.1 Å². The van der Waals surface area contributed by atoms with Crippen molar-refractivity contribution in [2.75, 3.05) is 19.0 Å². The third-order valence-electron chi connectivity index (χ3n) is 4.37. The van der Waals surface area contributed by atoms with Crippen LogP contribution in [-0.4, -0.2) is 36.5 Å². The first kappa shape index (κ1) is 18.7. The maximum absolute atomic E-state index is 12.5. The van der Waals surface area contributed by atoms with Crippen molar-refractivity contribution in [3.63, 3.8) is 0 Å². The van der Waals surface area contributed by atoms with Crippen LogP contribution in [0.4, 0.5) is 5.69 Å². The molecule has 1 heterocycles. The van der Waals surface area contributed by atoms with Crippen LogP contribution in [0.2, 0.25) is 10.0 Å². The number of amides is 1. The van der Waals surface area contributed by atoms with Crippen LogP contribution in [0.5, 0.6) is 0 Å². The molecule has 1 aliphatic rings. The van der Waals surface area contributed by atoms with Crippen molar-refractivity contribution in [2.45, 2.75) is 19.0 Å². The molecule has 0 saturated carbocycles. The highest BCUT2D eigenvalue weighted by molar-refractivity contribution is 6.36. The maximum atomic E-state index is 12.5. The molecule has 2 aromatic rings. The lowest BCUT2D eigenvalue weighted by Crippen LogP contribution is -2.49. The fraction of sp³-hybridized carbons (Fsp3) is 0.263. The summed E-state index contributed by atoms with van der Waals surface area (Å²) in [7, 11) is 1.36. The van der Waals surface area contributed by atoms with E-state index in [9.17, 15) is 9.59 Å². The summed E-state index contributed by atoms with van der Waals surface area (Å²) in [5.74, 6) is -0.612. The van der Waals surface area contributed by atoms with Crippen LogP contribution in [0.3, 0.4) is 0 Å². The van der Waals surface area contributed by atoms with E-state index in [-0.39, 0.29) is 18.4 Å². The molecule has 0 radical (unpaired) electrons. The number of fused-ring (bicyclic) bond motifs is 1. The van der Waals surface area contributed by atoms with Gasteiger partial charge in [-0.3, -0.25) is 14.5 Å². The zero-order valence-electron chi connectivity index (χ0n) is 14.2. The highest BCUT2D eigenvalue weighted by Crippen LogP contribution is 2.26. The molecule has 1 atom stereocenters. The summed E-state index contributed by atoms with van der Waals surface area (Å²) < 4.78 is 4.92.